The Morgan fingerprint density at radius 3 is 2.88 bits per heavy atom. The number of halogens is 1. The highest BCUT2D eigenvalue weighted by Gasteiger charge is 2.11. The van der Waals surface area contributed by atoms with E-state index in [1.54, 1.807) is 48.4 Å². The van der Waals surface area contributed by atoms with E-state index < -0.39 is 0 Å². The van der Waals surface area contributed by atoms with Gasteiger partial charge < -0.3 is 14.6 Å². The maximum absolute atomic E-state index is 11.8. The third kappa shape index (κ3) is 4.11. The van der Waals surface area contributed by atoms with Crippen molar-refractivity contribution in [1.82, 2.24) is 25.2 Å². The van der Waals surface area contributed by atoms with Gasteiger partial charge >= 0.3 is 0 Å². The number of rotatable bonds is 6. The molecule has 24 heavy (non-hydrogen) atoms. The van der Waals surface area contributed by atoms with E-state index in [0.717, 1.165) is 5.56 Å². The number of nitrogens with zero attached hydrogens (tertiary/aromatic N) is 4. The molecule has 1 aromatic carbocycles. The normalized spacial score (nSPS) is 10.6. The van der Waals surface area contributed by atoms with Crippen LogP contribution in [0.25, 0.3) is 11.4 Å². The number of benzene rings is 1. The lowest BCUT2D eigenvalue weighted by molar-refractivity contribution is -0.123. The average Bonchev–Trinajstić information content (AvgIpc) is 3.21. The van der Waals surface area contributed by atoms with Gasteiger partial charge in [-0.05, 0) is 24.3 Å². The van der Waals surface area contributed by atoms with Crippen LogP contribution in [0.4, 0.5) is 0 Å². The Kier molecular flexibility index (Phi) is 4.76. The average molecular weight is 348 g/mol. The van der Waals surface area contributed by atoms with Crippen LogP contribution >= 0.6 is 11.6 Å². The fourth-order valence-electron chi connectivity index (χ4n) is 1.89. The molecule has 124 valence electrons. The van der Waals surface area contributed by atoms with E-state index in [1.165, 1.54) is 0 Å². The monoisotopic (exact) mass is 347 g/mol. The summed E-state index contributed by atoms with van der Waals surface area (Å²) in [6.07, 6.45) is 3.40. The zero-order chi connectivity index (χ0) is 16.9. The Morgan fingerprint density at radius 2 is 2.17 bits per heavy atom. The molecule has 0 radical (unpaired) electrons. The van der Waals surface area contributed by atoms with Crippen molar-refractivity contribution in [1.29, 1.82) is 0 Å². The van der Waals surface area contributed by atoms with Gasteiger partial charge in [0.05, 0.1) is 18.3 Å². The highest BCUT2D eigenvalue weighted by Crippen LogP contribution is 2.15. The first kappa shape index (κ1) is 16.0. The fourth-order valence-corrected chi connectivity index (χ4v) is 2.01. The predicted molar refractivity (Wildman–Crippen MR) is 85.3 cm³/mol. The summed E-state index contributed by atoms with van der Waals surface area (Å²) in [4.78, 5) is 16.0. The number of carbonyl (C=O) groups excluding carboxylic acids is 1. The second-order valence-electron chi connectivity index (χ2n) is 4.93. The van der Waals surface area contributed by atoms with Gasteiger partial charge in [-0.3, -0.25) is 9.48 Å². The van der Waals surface area contributed by atoms with Crippen molar-refractivity contribution in [3.05, 3.63) is 47.6 Å². The fraction of sp³-hybridized carbons (Fsp3) is 0.200. The first-order valence-electron chi connectivity index (χ1n) is 7.07. The maximum atomic E-state index is 11.8. The molecule has 0 unspecified atom stereocenters. The zero-order valence-corrected chi connectivity index (χ0v) is 13.5. The number of ether oxygens (including phenoxy) is 1. The van der Waals surface area contributed by atoms with Crippen LogP contribution in [0.3, 0.4) is 0 Å². The molecular formula is C15H14ClN5O3. The summed E-state index contributed by atoms with van der Waals surface area (Å²) < 4.78 is 12.1. The van der Waals surface area contributed by atoms with Crippen LogP contribution in [0.1, 0.15) is 5.89 Å². The molecule has 0 aliphatic heterocycles. The van der Waals surface area contributed by atoms with Gasteiger partial charge in [0.1, 0.15) is 5.75 Å². The second-order valence-corrected chi connectivity index (χ2v) is 5.37. The molecule has 0 saturated heterocycles. The third-order valence-corrected chi connectivity index (χ3v) is 3.30. The molecule has 1 amide bonds. The van der Waals surface area contributed by atoms with Crippen LogP contribution in [-0.4, -0.2) is 32.4 Å². The van der Waals surface area contributed by atoms with Crippen molar-refractivity contribution in [2.45, 2.75) is 6.54 Å². The number of hydrogen-bond donors (Lipinski definition) is 1. The molecule has 0 aliphatic carbocycles. The van der Waals surface area contributed by atoms with E-state index >= 15 is 0 Å². The van der Waals surface area contributed by atoms with E-state index in [0.29, 0.717) is 22.5 Å². The summed E-state index contributed by atoms with van der Waals surface area (Å²) in [7, 11) is 1.80. The van der Waals surface area contributed by atoms with Crippen LogP contribution < -0.4 is 10.1 Å². The van der Waals surface area contributed by atoms with Gasteiger partial charge in [-0.2, -0.15) is 10.1 Å². The first-order valence-corrected chi connectivity index (χ1v) is 7.44. The van der Waals surface area contributed by atoms with Gasteiger partial charge in [0, 0.05) is 18.3 Å². The number of amides is 1. The van der Waals surface area contributed by atoms with Gasteiger partial charge in [-0.1, -0.05) is 16.8 Å². The summed E-state index contributed by atoms with van der Waals surface area (Å²) in [5.74, 6) is 0.982. The van der Waals surface area contributed by atoms with Gasteiger partial charge in [0.15, 0.2) is 6.61 Å². The molecule has 2 aromatic heterocycles. The molecular weight excluding hydrogens is 334 g/mol. The SMILES string of the molecule is Cn1cc(-c2noc(CNC(=O)COc3ccc(Cl)cc3)n2)cn1. The number of carbonyl (C=O) groups is 1. The lowest BCUT2D eigenvalue weighted by Gasteiger charge is -2.05. The van der Waals surface area contributed by atoms with E-state index in [1.807, 2.05) is 0 Å². The van der Waals surface area contributed by atoms with Crippen molar-refractivity contribution in [2.24, 2.45) is 7.05 Å². The first-order chi connectivity index (χ1) is 11.6. The van der Waals surface area contributed by atoms with Crippen molar-refractivity contribution in [2.75, 3.05) is 6.61 Å². The van der Waals surface area contributed by atoms with Crippen LogP contribution in [0.5, 0.6) is 5.75 Å². The van der Waals surface area contributed by atoms with Crippen LogP contribution in [-0.2, 0) is 18.4 Å². The van der Waals surface area contributed by atoms with Crippen molar-refractivity contribution >= 4 is 17.5 Å². The molecule has 0 bridgehead atoms. The highest BCUT2D eigenvalue weighted by atomic mass is 35.5. The van der Waals surface area contributed by atoms with Gasteiger partial charge in [0.2, 0.25) is 11.7 Å². The predicted octanol–water partition coefficient (Wildman–Crippen LogP) is 1.82. The van der Waals surface area contributed by atoms with Gasteiger partial charge in [0.25, 0.3) is 5.91 Å². The van der Waals surface area contributed by atoms with E-state index in [4.69, 9.17) is 20.9 Å². The Morgan fingerprint density at radius 1 is 1.38 bits per heavy atom. The summed E-state index contributed by atoms with van der Waals surface area (Å²) >= 11 is 5.78. The molecule has 0 spiro atoms. The van der Waals surface area contributed by atoms with Crippen LogP contribution in [0.15, 0.2) is 41.2 Å². The lowest BCUT2D eigenvalue weighted by atomic mass is 10.3. The summed E-state index contributed by atoms with van der Waals surface area (Å²) in [6.45, 7) is 0.00129. The Bertz CT molecular complexity index is 828. The lowest BCUT2D eigenvalue weighted by Crippen LogP contribution is -2.28. The maximum Gasteiger partial charge on any atom is 0.258 e. The topological polar surface area (TPSA) is 95.1 Å². The van der Waals surface area contributed by atoms with E-state index in [9.17, 15) is 4.79 Å². The summed E-state index contributed by atoms with van der Waals surface area (Å²) in [5.41, 5.74) is 0.741. The van der Waals surface area contributed by atoms with E-state index in [2.05, 4.69) is 20.6 Å². The standard InChI is InChI=1S/C15H14ClN5O3/c1-21-8-10(6-18-21)15-19-14(24-20-15)7-17-13(22)9-23-12-4-2-11(16)3-5-12/h2-6,8H,7,9H2,1H3,(H,17,22). The summed E-state index contributed by atoms with van der Waals surface area (Å²) in [5, 5.41) is 11.1. The zero-order valence-electron chi connectivity index (χ0n) is 12.8. The molecule has 0 fully saturated rings. The van der Waals surface area contributed by atoms with Gasteiger partial charge in [-0.25, -0.2) is 0 Å². The van der Waals surface area contributed by atoms with E-state index in [-0.39, 0.29) is 19.1 Å². The molecule has 0 saturated carbocycles. The van der Waals surface area contributed by atoms with Crippen molar-refractivity contribution < 1.29 is 14.1 Å². The number of nitrogens with one attached hydrogen (secondary N) is 1. The van der Waals surface area contributed by atoms with Gasteiger partial charge in [-0.15, -0.1) is 0 Å². The largest absolute Gasteiger partial charge is 0.484 e. The van der Waals surface area contributed by atoms with Crippen LogP contribution in [0.2, 0.25) is 5.02 Å². The minimum Gasteiger partial charge on any atom is -0.484 e. The Labute approximate surface area is 142 Å². The second kappa shape index (κ2) is 7.14. The molecule has 3 rings (SSSR count). The Hall–Kier alpha value is -2.87. The molecule has 2 heterocycles. The molecule has 3 aromatic rings. The molecule has 9 heteroatoms. The molecule has 8 nitrogen and oxygen atoms in total. The minimum atomic E-state index is -0.300. The number of hydrogen-bond acceptors (Lipinski definition) is 6. The highest BCUT2D eigenvalue weighted by molar-refractivity contribution is 6.30. The van der Waals surface area contributed by atoms with Crippen LogP contribution in [0, 0.1) is 0 Å². The third-order valence-electron chi connectivity index (χ3n) is 3.05. The molecule has 1 N–H and O–H groups in total. The van der Waals surface area contributed by atoms with Crippen molar-refractivity contribution in [3.8, 4) is 17.1 Å². The summed E-state index contributed by atoms with van der Waals surface area (Å²) in [6, 6.07) is 6.75. The molecule has 0 aliphatic rings. The Balaban J connectivity index is 1.48. The number of aromatic nitrogens is 4. The molecule has 0 atom stereocenters. The minimum absolute atomic E-state index is 0.120. The quantitative estimate of drug-likeness (QED) is 0.730. The smallest absolute Gasteiger partial charge is 0.258 e. The number of aryl methyl sites for hydroxylation is 1. The van der Waals surface area contributed by atoms with Crippen molar-refractivity contribution in [3.63, 3.8) is 0 Å².